The van der Waals surface area contributed by atoms with Gasteiger partial charge >= 0.3 is 18.4 Å². The summed E-state index contributed by atoms with van der Waals surface area (Å²) in [5, 5.41) is 11.0. The first-order valence-corrected chi connectivity index (χ1v) is 7.49. The summed E-state index contributed by atoms with van der Waals surface area (Å²) in [7, 11) is 0. The minimum atomic E-state index is -5.67. The van der Waals surface area contributed by atoms with Gasteiger partial charge in [0.25, 0.3) is 0 Å². The van der Waals surface area contributed by atoms with Gasteiger partial charge in [0.1, 0.15) is 5.60 Å². The lowest BCUT2D eigenvalue weighted by atomic mass is 9.76. The molecule has 0 aliphatic heterocycles. The van der Waals surface area contributed by atoms with Crippen molar-refractivity contribution in [1.29, 1.82) is 0 Å². The molecule has 0 heterocycles. The quantitative estimate of drug-likeness (QED) is 0.731. The number of hydrogen-bond acceptors (Lipinski definition) is 3. The van der Waals surface area contributed by atoms with Gasteiger partial charge in [-0.25, -0.2) is 4.79 Å². The predicted octanol–water partition coefficient (Wildman–Crippen LogP) is 4.78. The summed E-state index contributed by atoms with van der Waals surface area (Å²) in [4.78, 5) is 11.6. The predicted molar refractivity (Wildman–Crippen MR) is 81.8 cm³/mol. The van der Waals surface area contributed by atoms with Gasteiger partial charge in [-0.2, -0.15) is 26.3 Å². The van der Waals surface area contributed by atoms with Crippen molar-refractivity contribution < 1.29 is 41.0 Å². The summed E-state index contributed by atoms with van der Waals surface area (Å²) >= 11 is 0. The Morgan fingerprint density at radius 2 is 1.46 bits per heavy atom. The van der Waals surface area contributed by atoms with Crippen molar-refractivity contribution in [3.8, 4) is 0 Å². The van der Waals surface area contributed by atoms with Crippen molar-refractivity contribution in [2.45, 2.75) is 50.6 Å². The molecule has 0 aliphatic carbocycles. The maximum Gasteiger partial charge on any atom is 0.412 e. The normalized spacial score (nSPS) is 13.5. The second-order valence-corrected chi connectivity index (χ2v) is 6.58. The molecule has 0 aromatic heterocycles. The van der Waals surface area contributed by atoms with Crippen LogP contribution >= 0.6 is 0 Å². The van der Waals surface area contributed by atoms with Crippen LogP contribution in [0.4, 0.5) is 36.8 Å². The number of aliphatic hydroxyl groups excluding tert-OH is 1. The third-order valence-electron chi connectivity index (χ3n) is 3.48. The molecule has 1 aromatic rings. The zero-order valence-electron chi connectivity index (χ0n) is 14.3. The van der Waals surface area contributed by atoms with E-state index in [4.69, 9.17) is 9.84 Å². The van der Waals surface area contributed by atoms with Crippen molar-refractivity contribution in [3.05, 3.63) is 29.8 Å². The molecule has 10 heteroatoms. The first kappa shape index (κ1) is 22.1. The molecule has 1 rings (SSSR count). The van der Waals surface area contributed by atoms with E-state index in [1.807, 2.05) is 0 Å². The highest BCUT2D eigenvalue weighted by Gasteiger charge is 2.70. The second kappa shape index (κ2) is 7.34. The van der Waals surface area contributed by atoms with E-state index in [0.717, 1.165) is 12.1 Å². The molecule has 0 fully saturated rings. The molecule has 0 saturated carbocycles. The van der Waals surface area contributed by atoms with Gasteiger partial charge in [-0.1, -0.05) is 12.1 Å². The number of carbonyl (C=O) groups is 1. The minimum absolute atomic E-state index is 0.0368. The van der Waals surface area contributed by atoms with Gasteiger partial charge in [0, 0.05) is 12.3 Å². The molecule has 1 aromatic carbocycles. The lowest BCUT2D eigenvalue weighted by Crippen LogP contribution is -2.54. The van der Waals surface area contributed by atoms with Crippen molar-refractivity contribution in [2.24, 2.45) is 0 Å². The van der Waals surface area contributed by atoms with Crippen LogP contribution in [0, 0.1) is 0 Å². The Hall–Kier alpha value is -1.97. The van der Waals surface area contributed by atoms with Gasteiger partial charge in [0.15, 0.2) is 5.41 Å². The maximum absolute atomic E-state index is 13.3. The highest BCUT2D eigenvalue weighted by molar-refractivity contribution is 5.84. The van der Waals surface area contributed by atoms with Crippen LogP contribution in [0.15, 0.2) is 24.3 Å². The Labute approximate surface area is 146 Å². The Morgan fingerprint density at radius 1 is 1.00 bits per heavy atom. The average molecular weight is 387 g/mol. The van der Waals surface area contributed by atoms with E-state index in [-0.39, 0.29) is 5.69 Å². The summed E-state index contributed by atoms with van der Waals surface area (Å²) < 4.78 is 84.9. The molecule has 2 N–H and O–H groups in total. The second-order valence-electron chi connectivity index (χ2n) is 6.58. The van der Waals surface area contributed by atoms with E-state index in [2.05, 4.69) is 5.32 Å². The summed E-state index contributed by atoms with van der Waals surface area (Å²) in [6.07, 6.45) is -13.8. The number of amides is 1. The van der Waals surface area contributed by atoms with Crippen LogP contribution in [-0.2, 0) is 10.2 Å². The Balaban J connectivity index is 3.22. The third kappa shape index (κ3) is 4.80. The van der Waals surface area contributed by atoms with Crippen LogP contribution in [0.2, 0.25) is 0 Å². The smallest absolute Gasteiger partial charge is 0.412 e. The van der Waals surface area contributed by atoms with Gasteiger partial charge in [-0.3, -0.25) is 5.32 Å². The molecule has 0 unspecified atom stereocenters. The summed E-state index contributed by atoms with van der Waals surface area (Å²) in [6.45, 7) is 3.46. The molecule has 0 spiro atoms. The minimum Gasteiger partial charge on any atom is -0.444 e. The van der Waals surface area contributed by atoms with Gasteiger partial charge in [0.2, 0.25) is 0 Å². The van der Waals surface area contributed by atoms with E-state index in [0.29, 0.717) is 12.1 Å². The highest BCUT2D eigenvalue weighted by atomic mass is 19.4. The zero-order chi connectivity index (χ0) is 20.4. The van der Waals surface area contributed by atoms with E-state index in [1.165, 1.54) is 0 Å². The number of rotatable bonds is 4. The number of halogens is 6. The van der Waals surface area contributed by atoms with Crippen molar-refractivity contribution >= 4 is 11.8 Å². The Kier molecular flexibility index (Phi) is 6.23. The van der Waals surface area contributed by atoms with Crippen LogP contribution in [-0.4, -0.2) is 35.8 Å². The lowest BCUT2D eigenvalue weighted by molar-refractivity contribution is -0.306. The molecule has 1 amide bonds. The molecule has 0 aliphatic rings. The van der Waals surface area contributed by atoms with Gasteiger partial charge < -0.3 is 9.84 Å². The SMILES string of the molecule is CC(C)(C)OC(=O)Nc1ccc(C(CCO)(C(F)(F)F)C(F)(F)F)cc1. The van der Waals surface area contributed by atoms with Crippen LogP contribution in [0.5, 0.6) is 0 Å². The fourth-order valence-electron chi connectivity index (χ4n) is 2.34. The number of nitrogens with one attached hydrogen (secondary N) is 1. The van der Waals surface area contributed by atoms with Crippen LogP contribution < -0.4 is 5.32 Å². The Morgan fingerprint density at radius 3 is 1.81 bits per heavy atom. The van der Waals surface area contributed by atoms with E-state index in [9.17, 15) is 31.1 Å². The average Bonchev–Trinajstić information content (AvgIpc) is 2.41. The summed E-state index contributed by atoms with van der Waals surface area (Å²) in [6, 6.07) is 3.04. The van der Waals surface area contributed by atoms with Crippen molar-refractivity contribution in [3.63, 3.8) is 0 Å². The number of ether oxygens (including phenoxy) is 1. The van der Waals surface area contributed by atoms with Crippen LogP contribution in [0.1, 0.15) is 32.8 Å². The standard InChI is InChI=1S/C16H19F6NO3/c1-13(2,3)26-12(25)23-11-6-4-10(5-7-11)14(8-9-24,15(17,18)19)16(20,21)22/h4-7,24H,8-9H2,1-3H3,(H,23,25). The number of aliphatic hydroxyl groups is 1. The molecule has 148 valence electrons. The molecule has 4 nitrogen and oxygen atoms in total. The van der Waals surface area contributed by atoms with Crippen molar-refractivity contribution in [2.75, 3.05) is 11.9 Å². The molecule has 26 heavy (non-hydrogen) atoms. The third-order valence-corrected chi connectivity index (χ3v) is 3.48. The van der Waals surface area contributed by atoms with Crippen molar-refractivity contribution in [1.82, 2.24) is 0 Å². The Bertz CT molecular complexity index is 603. The van der Waals surface area contributed by atoms with Gasteiger partial charge in [0.05, 0.1) is 0 Å². The molecule has 0 bridgehead atoms. The number of alkyl halides is 6. The van der Waals surface area contributed by atoms with Crippen LogP contribution in [0.25, 0.3) is 0 Å². The van der Waals surface area contributed by atoms with E-state index >= 15 is 0 Å². The van der Waals surface area contributed by atoms with E-state index in [1.54, 1.807) is 20.8 Å². The molecular weight excluding hydrogens is 368 g/mol. The fourth-order valence-corrected chi connectivity index (χ4v) is 2.34. The number of anilines is 1. The van der Waals surface area contributed by atoms with Gasteiger partial charge in [-0.05, 0) is 44.9 Å². The monoisotopic (exact) mass is 387 g/mol. The first-order chi connectivity index (χ1) is 11.6. The fraction of sp³-hybridized carbons (Fsp3) is 0.562. The highest BCUT2D eigenvalue weighted by Crippen LogP contribution is 2.54. The molecule has 0 atom stereocenters. The largest absolute Gasteiger partial charge is 0.444 e. The summed E-state index contributed by atoms with van der Waals surface area (Å²) in [5.41, 5.74) is -6.15. The number of benzene rings is 1. The number of carbonyl (C=O) groups excluding carboxylic acids is 1. The maximum atomic E-state index is 13.3. The molecular formula is C16H19F6NO3. The van der Waals surface area contributed by atoms with E-state index < -0.39 is 48.1 Å². The molecule has 0 saturated heterocycles. The summed E-state index contributed by atoms with van der Waals surface area (Å²) in [5.74, 6) is 0. The van der Waals surface area contributed by atoms with Crippen LogP contribution in [0.3, 0.4) is 0 Å². The topological polar surface area (TPSA) is 58.6 Å². The van der Waals surface area contributed by atoms with Gasteiger partial charge in [-0.15, -0.1) is 0 Å². The number of hydrogen-bond donors (Lipinski definition) is 2. The molecule has 0 radical (unpaired) electrons. The lowest BCUT2D eigenvalue weighted by Gasteiger charge is -2.37. The first-order valence-electron chi connectivity index (χ1n) is 7.49. The zero-order valence-corrected chi connectivity index (χ0v) is 14.3.